The molecule has 0 saturated heterocycles. The van der Waals surface area contributed by atoms with Gasteiger partial charge in [-0.1, -0.05) is 12.1 Å². The summed E-state index contributed by atoms with van der Waals surface area (Å²) in [6.07, 6.45) is 6.40. The molecule has 0 fully saturated rings. The van der Waals surface area contributed by atoms with Crippen LogP contribution in [0, 0.1) is 10.1 Å². The minimum atomic E-state index is -0.469. The fourth-order valence-corrected chi connectivity index (χ4v) is 1.94. The smallest absolute Gasteiger partial charge is 0.270 e. The van der Waals surface area contributed by atoms with Gasteiger partial charge in [-0.2, -0.15) is 5.10 Å². The second kappa shape index (κ2) is 7.16. The van der Waals surface area contributed by atoms with Gasteiger partial charge in [0.15, 0.2) is 0 Å². The topological polar surface area (TPSA) is 90.1 Å². The van der Waals surface area contributed by atoms with Gasteiger partial charge in [-0.15, -0.1) is 0 Å². The van der Waals surface area contributed by atoms with Crippen molar-refractivity contribution < 1.29 is 9.72 Å². The van der Waals surface area contributed by atoms with E-state index in [0.717, 1.165) is 0 Å². The summed E-state index contributed by atoms with van der Waals surface area (Å²) in [7, 11) is 0. The number of hydrogen-bond acceptors (Lipinski definition) is 4. The monoisotopic (exact) mass is 300 g/mol. The molecule has 1 aromatic heterocycles. The number of hydrogen-bond donors (Lipinski definition) is 1. The molecule has 114 valence electrons. The second-order valence-electron chi connectivity index (χ2n) is 4.82. The lowest BCUT2D eigenvalue weighted by Crippen LogP contribution is -2.34. The molecule has 0 aliphatic rings. The third-order valence-corrected chi connectivity index (χ3v) is 2.92. The lowest BCUT2D eigenvalue weighted by atomic mass is 10.2. The van der Waals surface area contributed by atoms with Gasteiger partial charge in [0.2, 0.25) is 5.91 Å². The summed E-state index contributed by atoms with van der Waals surface area (Å²) in [6, 6.07) is 7.83. The molecule has 1 aromatic carbocycles. The Bertz CT molecular complexity index is 680. The third kappa shape index (κ3) is 4.55. The molecular formula is C15H16N4O3. The average molecular weight is 300 g/mol. The number of carbonyl (C=O) groups is 1. The van der Waals surface area contributed by atoms with Crippen molar-refractivity contribution in [3.05, 3.63) is 64.5 Å². The Hall–Kier alpha value is -2.96. The average Bonchev–Trinajstić information content (AvgIpc) is 2.98. The number of non-ortho nitro benzene ring substituents is 1. The van der Waals surface area contributed by atoms with E-state index < -0.39 is 4.92 Å². The predicted molar refractivity (Wildman–Crippen MR) is 82.0 cm³/mol. The van der Waals surface area contributed by atoms with Gasteiger partial charge in [0, 0.05) is 36.6 Å². The van der Waals surface area contributed by atoms with Gasteiger partial charge in [-0.25, -0.2) is 0 Å². The van der Waals surface area contributed by atoms with Crippen molar-refractivity contribution >= 4 is 17.7 Å². The zero-order valence-corrected chi connectivity index (χ0v) is 12.0. The lowest BCUT2D eigenvalue weighted by molar-refractivity contribution is -0.384. The molecule has 0 aliphatic carbocycles. The highest BCUT2D eigenvalue weighted by atomic mass is 16.6. The maximum absolute atomic E-state index is 11.8. The molecule has 0 spiro atoms. The Kier molecular flexibility index (Phi) is 5.02. The molecule has 2 rings (SSSR count). The van der Waals surface area contributed by atoms with Crippen LogP contribution >= 0.6 is 0 Å². The highest BCUT2D eigenvalue weighted by Crippen LogP contribution is 2.13. The number of nitrogens with zero attached hydrogens (tertiary/aromatic N) is 3. The van der Waals surface area contributed by atoms with E-state index in [1.807, 2.05) is 19.2 Å². The first-order valence-electron chi connectivity index (χ1n) is 6.75. The van der Waals surface area contributed by atoms with E-state index in [0.29, 0.717) is 12.1 Å². The maximum Gasteiger partial charge on any atom is 0.270 e. The van der Waals surface area contributed by atoms with E-state index >= 15 is 0 Å². The van der Waals surface area contributed by atoms with Gasteiger partial charge >= 0.3 is 0 Å². The first-order valence-corrected chi connectivity index (χ1v) is 6.75. The molecule has 7 nitrogen and oxygen atoms in total. The number of nitro benzene ring substituents is 1. The minimum Gasteiger partial charge on any atom is -0.348 e. The van der Waals surface area contributed by atoms with Crippen LogP contribution < -0.4 is 5.32 Å². The largest absolute Gasteiger partial charge is 0.348 e. The summed E-state index contributed by atoms with van der Waals surface area (Å²) >= 11 is 0. The molecule has 1 amide bonds. The van der Waals surface area contributed by atoms with Crippen LogP contribution in [0.4, 0.5) is 5.69 Å². The number of rotatable bonds is 6. The normalized spacial score (nSPS) is 12.2. The Morgan fingerprint density at radius 2 is 2.32 bits per heavy atom. The van der Waals surface area contributed by atoms with Crippen LogP contribution in [0.5, 0.6) is 0 Å². The molecule has 7 heteroatoms. The zero-order valence-electron chi connectivity index (χ0n) is 12.0. The molecule has 22 heavy (non-hydrogen) atoms. The fraction of sp³-hybridized carbons (Fsp3) is 0.200. The molecule has 0 radical (unpaired) electrons. The SMILES string of the molecule is C[C@H](Cn1cccn1)NC(=O)/C=C\c1cccc([N+](=O)[O-])c1. The molecule has 1 atom stereocenters. The van der Waals surface area contributed by atoms with Crippen LogP contribution in [0.15, 0.2) is 48.8 Å². The van der Waals surface area contributed by atoms with Crippen LogP contribution in [0.25, 0.3) is 6.08 Å². The van der Waals surface area contributed by atoms with Crippen molar-refractivity contribution in [2.75, 3.05) is 0 Å². The quantitative estimate of drug-likeness (QED) is 0.502. The molecule has 0 bridgehead atoms. The molecule has 0 aliphatic heterocycles. The molecule has 1 heterocycles. The fourth-order valence-electron chi connectivity index (χ4n) is 1.94. The van der Waals surface area contributed by atoms with Crippen molar-refractivity contribution in [2.45, 2.75) is 19.5 Å². The highest BCUT2D eigenvalue weighted by Gasteiger charge is 2.06. The van der Waals surface area contributed by atoms with Gasteiger partial charge in [-0.3, -0.25) is 19.6 Å². The molecule has 1 N–H and O–H groups in total. The van der Waals surface area contributed by atoms with E-state index in [-0.39, 0.29) is 17.6 Å². The van der Waals surface area contributed by atoms with E-state index in [1.165, 1.54) is 18.2 Å². The Morgan fingerprint density at radius 1 is 1.50 bits per heavy atom. The van der Waals surface area contributed by atoms with Crippen molar-refractivity contribution in [3.8, 4) is 0 Å². The highest BCUT2D eigenvalue weighted by molar-refractivity contribution is 5.91. The number of carbonyl (C=O) groups excluding carboxylic acids is 1. The number of nitro groups is 1. The zero-order chi connectivity index (χ0) is 15.9. The summed E-state index contributed by atoms with van der Waals surface area (Å²) in [5.41, 5.74) is 0.596. The number of nitrogens with one attached hydrogen (secondary N) is 1. The van der Waals surface area contributed by atoms with E-state index in [1.54, 1.807) is 29.1 Å². The van der Waals surface area contributed by atoms with Crippen molar-refractivity contribution in [1.29, 1.82) is 0 Å². The summed E-state index contributed by atoms with van der Waals surface area (Å²) in [5.74, 6) is -0.258. The number of benzene rings is 1. The second-order valence-corrected chi connectivity index (χ2v) is 4.82. The standard InChI is InChI=1S/C15H16N4O3/c1-12(11-18-9-3-8-16-18)17-15(20)7-6-13-4-2-5-14(10-13)19(21)22/h2-10,12H,11H2,1H3,(H,17,20)/b7-6-/t12-/m1/s1. The van der Waals surface area contributed by atoms with Crippen molar-refractivity contribution in [1.82, 2.24) is 15.1 Å². The molecule has 0 unspecified atom stereocenters. The lowest BCUT2D eigenvalue weighted by Gasteiger charge is -2.12. The van der Waals surface area contributed by atoms with Gasteiger partial charge in [0.25, 0.3) is 5.69 Å². The van der Waals surface area contributed by atoms with Crippen LogP contribution in [-0.2, 0) is 11.3 Å². The first kappa shape index (κ1) is 15.4. The Morgan fingerprint density at radius 3 is 3.00 bits per heavy atom. The first-order chi connectivity index (χ1) is 10.5. The van der Waals surface area contributed by atoms with E-state index in [4.69, 9.17) is 0 Å². The predicted octanol–water partition coefficient (Wildman–Crippen LogP) is 2.01. The van der Waals surface area contributed by atoms with Gasteiger partial charge < -0.3 is 5.32 Å². The van der Waals surface area contributed by atoms with E-state index in [2.05, 4.69) is 10.4 Å². The maximum atomic E-state index is 11.8. The van der Waals surface area contributed by atoms with Gasteiger partial charge in [0.05, 0.1) is 11.5 Å². The van der Waals surface area contributed by atoms with Crippen LogP contribution in [0.1, 0.15) is 12.5 Å². The van der Waals surface area contributed by atoms with Crippen molar-refractivity contribution in [2.24, 2.45) is 0 Å². The summed E-state index contributed by atoms with van der Waals surface area (Å²) < 4.78 is 1.73. The Labute approximate surface area is 127 Å². The number of amides is 1. The van der Waals surface area contributed by atoms with E-state index in [9.17, 15) is 14.9 Å². The van der Waals surface area contributed by atoms with Crippen LogP contribution in [-0.4, -0.2) is 26.7 Å². The van der Waals surface area contributed by atoms with Crippen molar-refractivity contribution in [3.63, 3.8) is 0 Å². The van der Waals surface area contributed by atoms with Crippen LogP contribution in [0.3, 0.4) is 0 Å². The third-order valence-electron chi connectivity index (χ3n) is 2.92. The summed E-state index contributed by atoms with van der Waals surface area (Å²) in [5, 5.41) is 17.6. The molecule has 0 saturated carbocycles. The van der Waals surface area contributed by atoms with Gasteiger partial charge in [-0.05, 0) is 24.6 Å². The molecule has 2 aromatic rings. The van der Waals surface area contributed by atoms with Crippen LogP contribution in [0.2, 0.25) is 0 Å². The summed E-state index contributed by atoms with van der Waals surface area (Å²) in [4.78, 5) is 22.0. The van der Waals surface area contributed by atoms with Gasteiger partial charge in [0.1, 0.15) is 0 Å². The molecular weight excluding hydrogens is 284 g/mol. The Balaban J connectivity index is 1.90. The minimum absolute atomic E-state index is 0.00499. The summed E-state index contributed by atoms with van der Waals surface area (Å²) in [6.45, 7) is 2.45. The number of aromatic nitrogens is 2.